The summed E-state index contributed by atoms with van der Waals surface area (Å²) in [6.07, 6.45) is 4.08. The fraction of sp³-hybridized carbons (Fsp3) is 0.154. The van der Waals surface area contributed by atoms with Crippen LogP contribution in [-0.4, -0.2) is 28.7 Å². The van der Waals surface area contributed by atoms with E-state index in [0.29, 0.717) is 6.42 Å². The lowest BCUT2D eigenvalue weighted by atomic mass is 9.77. The number of methoxy groups -OCH3 is 1. The van der Waals surface area contributed by atoms with Gasteiger partial charge in [0.05, 0.1) is 19.1 Å². The number of hydrogen-bond donors (Lipinski definition) is 1. The van der Waals surface area contributed by atoms with Crippen LogP contribution in [0.5, 0.6) is 0 Å². The van der Waals surface area contributed by atoms with E-state index in [0.717, 1.165) is 22.4 Å². The van der Waals surface area contributed by atoms with E-state index >= 15 is 0 Å². The highest BCUT2D eigenvalue weighted by atomic mass is 35.5. The smallest absolute Gasteiger partial charge is 0.323 e. The molecule has 0 unspecified atom stereocenters. The third kappa shape index (κ3) is 4.31. The Kier molecular flexibility index (Phi) is 7.46. The van der Waals surface area contributed by atoms with E-state index in [-0.39, 0.29) is 12.4 Å². The first kappa shape index (κ1) is 23.3. The van der Waals surface area contributed by atoms with Crippen LogP contribution >= 0.6 is 12.4 Å². The molecule has 1 aromatic heterocycles. The summed E-state index contributed by atoms with van der Waals surface area (Å²) >= 11 is 0. The predicted molar refractivity (Wildman–Crippen MR) is 128 cm³/mol. The van der Waals surface area contributed by atoms with Gasteiger partial charge in [-0.1, -0.05) is 91.0 Å². The van der Waals surface area contributed by atoms with Crippen LogP contribution in [0.25, 0.3) is 0 Å². The van der Waals surface area contributed by atoms with Gasteiger partial charge in [-0.15, -0.1) is 12.4 Å². The van der Waals surface area contributed by atoms with Crippen molar-refractivity contribution in [2.24, 2.45) is 5.73 Å². The molecule has 0 saturated heterocycles. The summed E-state index contributed by atoms with van der Waals surface area (Å²) in [7, 11) is 1.34. The number of aromatic nitrogens is 2. The minimum atomic E-state index is -0.757. The molecule has 5 nitrogen and oxygen atoms in total. The molecule has 0 saturated carbocycles. The number of hydrogen-bond acceptors (Lipinski definition) is 4. The van der Waals surface area contributed by atoms with E-state index in [1.54, 1.807) is 0 Å². The Bertz CT molecular complexity index is 1030. The third-order valence-corrected chi connectivity index (χ3v) is 5.53. The fourth-order valence-electron chi connectivity index (χ4n) is 4.10. The third-order valence-electron chi connectivity index (χ3n) is 5.53. The molecule has 6 heteroatoms. The van der Waals surface area contributed by atoms with E-state index in [4.69, 9.17) is 10.5 Å². The van der Waals surface area contributed by atoms with Gasteiger partial charge in [0.1, 0.15) is 11.6 Å². The first-order valence-corrected chi connectivity index (χ1v) is 10.2. The van der Waals surface area contributed by atoms with Gasteiger partial charge >= 0.3 is 5.97 Å². The largest absolute Gasteiger partial charge is 0.468 e. The summed E-state index contributed by atoms with van der Waals surface area (Å²) in [5.74, 6) is -0.449. The molecule has 0 aliphatic heterocycles. The molecule has 0 fully saturated rings. The Balaban J connectivity index is 0.00000289. The summed E-state index contributed by atoms with van der Waals surface area (Å²) < 4.78 is 6.87. The van der Waals surface area contributed by atoms with Gasteiger partial charge < -0.3 is 15.0 Å². The average molecular weight is 448 g/mol. The van der Waals surface area contributed by atoms with Gasteiger partial charge in [0.2, 0.25) is 0 Å². The van der Waals surface area contributed by atoms with Crippen LogP contribution in [0.1, 0.15) is 22.4 Å². The van der Waals surface area contributed by atoms with E-state index in [1.165, 1.54) is 7.11 Å². The van der Waals surface area contributed by atoms with Crippen LogP contribution in [0, 0.1) is 0 Å². The van der Waals surface area contributed by atoms with Crippen LogP contribution in [0.15, 0.2) is 104 Å². The number of nitrogens with two attached hydrogens (primary N) is 1. The topological polar surface area (TPSA) is 70.1 Å². The second kappa shape index (κ2) is 10.3. The van der Waals surface area contributed by atoms with Crippen molar-refractivity contribution in [2.45, 2.75) is 18.0 Å². The molecular weight excluding hydrogens is 422 g/mol. The molecule has 0 amide bonds. The van der Waals surface area contributed by atoms with E-state index in [1.807, 2.05) is 67.1 Å². The van der Waals surface area contributed by atoms with Crippen LogP contribution in [0.2, 0.25) is 0 Å². The van der Waals surface area contributed by atoms with Gasteiger partial charge in [-0.05, 0) is 16.7 Å². The quantitative estimate of drug-likeness (QED) is 0.340. The van der Waals surface area contributed by atoms with Crippen LogP contribution < -0.4 is 5.73 Å². The van der Waals surface area contributed by atoms with Crippen molar-refractivity contribution in [3.8, 4) is 0 Å². The van der Waals surface area contributed by atoms with Crippen molar-refractivity contribution in [1.29, 1.82) is 0 Å². The van der Waals surface area contributed by atoms with Crippen LogP contribution in [0.4, 0.5) is 0 Å². The van der Waals surface area contributed by atoms with Crippen molar-refractivity contribution >= 4 is 18.4 Å². The molecule has 0 aliphatic rings. The second-order valence-corrected chi connectivity index (χ2v) is 7.41. The molecule has 4 aromatic rings. The molecule has 1 atom stereocenters. The Labute approximate surface area is 194 Å². The first-order chi connectivity index (χ1) is 15.2. The number of imidazole rings is 1. The number of esters is 1. The standard InChI is InChI=1S/C26H25N3O2.ClH/c1-31-25(30)24(27)17-23-18-29(19-28-23)26(20-11-5-2-6-12-20,21-13-7-3-8-14-21)22-15-9-4-10-16-22;/h2-16,18-19,24H,17,27H2,1H3;1H/t24-;/m1./s1. The van der Waals surface area contributed by atoms with Crippen molar-refractivity contribution in [1.82, 2.24) is 9.55 Å². The maximum Gasteiger partial charge on any atom is 0.323 e. The highest BCUT2D eigenvalue weighted by Gasteiger charge is 2.38. The molecule has 4 rings (SSSR count). The van der Waals surface area contributed by atoms with E-state index in [9.17, 15) is 4.79 Å². The molecule has 0 radical (unpaired) electrons. The van der Waals surface area contributed by atoms with Crippen molar-refractivity contribution < 1.29 is 9.53 Å². The zero-order chi connectivity index (χ0) is 21.7. The van der Waals surface area contributed by atoms with E-state index in [2.05, 4.69) is 45.9 Å². The zero-order valence-electron chi connectivity index (χ0n) is 17.8. The maximum absolute atomic E-state index is 11.8. The summed E-state index contributed by atoms with van der Waals surface area (Å²) in [5.41, 5.74) is 9.40. The molecule has 3 aromatic carbocycles. The Morgan fingerprint density at radius 1 is 0.906 bits per heavy atom. The number of carbonyl (C=O) groups is 1. The number of rotatable bonds is 7. The first-order valence-electron chi connectivity index (χ1n) is 10.2. The van der Waals surface area contributed by atoms with Crippen molar-refractivity contribution in [3.63, 3.8) is 0 Å². The minimum Gasteiger partial charge on any atom is -0.468 e. The summed E-state index contributed by atoms with van der Waals surface area (Å²) in [4.78, 5) is 16.4. The Morgan fingerprint density at radius 3 is 1.75 bits per heavy atom. The Morgan fingerprint density at radius 2 is 1.34 bits per heavy atom. The molecule has 164 valence electrons. The number of halogens is 1. The lowest BCUT2D eigenvalue weighted by Gasteiger charge is -2.37. The Hall–Kier alpha value is -3.41. The van der Waals surface area contributed by atoms with Gasteiger partial charge in [-0.2, -0.15) is 0 Å². The van der Waals surface area contributed by atoms with Crippen LogP contribution in [-0.2, 0) is 21.5 Å². The van der Waals surface area contributed by atoms with E-state index < -0.39 is 17.6 Å². The molecule has 0 aliphatic carbocycles. The van der Waals surface area contributed by atoms with Gasteiger partial charge in [-0.3, -0.25) is 4.79 Å². The predicted octanol–water partition coefficient (Wildman–Crippen LogP) is 4.19. The molecule has 32 heavy (non-hydrogen) atoms. The van der Waals surface area contributed by atoms with Crippen molar-refractivity contribution in [2.75, 3.05) is 7.11 Å². The number of carbonyl (C=O) groups excluding carboxylic acids is 1. The van der Waals surface area contributed by atoms with Crippen LogP contribution in [0.3, 0.4) is 0 Å². The zero-order valence-corrected chi connectivity index (χ0v) is 18.6. The number of ether oxygens (including phenoxy) is 1. The second-order valence-electron chi connectivity index (χ2n) is 7.41. The highest BCUT2D eigenvalue weighted by Crippen LogP contribution is 2.40. The average Bonchev–Trinajstić information content (AvgIpc) is 3.29. The summed E-state index contributed by atoms with van der Waals surface area (Å²) in [5, 5.41) is 0. The monoisotopic (exact) mass is 447 g/mol. The molecule has 0 spiro atoms. The molecule has 1 heterocycles. The molecular formula is C26H26ClN3O2. The molecule has 2 N–H and O–H groups in total. The fourth-order valence-corrected chi connectivity index (χ4v) is 4.10. The van der Waals surface area contributed by atoms with Gasteiger partial charge in [-0.25, -0.2) is 4.98 Å². The van der Waals surface area contributed by atoms with Gasteiger partial charge in [0, 0.05) is 12.6 Å². The highest BCUT2D eigenvalue weighted by molar-refractivity contribution is 5.85. The number of nitrogens with zero attached hydrogens (tertiary/aromatic N) is 2. The lowest BCUT2D eigenvalue weighted by molar-refractivity contribution is -0.142. The van der Waals surface area contributed by atoms with Gasteiger partial charge in [0.25, 0.3) is 0 Å². The normalized spacial score (nSPS) is 11.9. The molecule has 0 bridgehead atoms. The summed E-state index contributed by atoms with van der Waals surface area (Å²) in [6.45, 7) is 0. The SMILES string of the molecule is COC(=O)[C@H](N)Cc1cn(C(c2ccccc2)(c2ccccc2)c2ccccc2)cn1.Cl. The lowest BCUT2D eigenvalue weighted by Crippen LogP contribution is -2.37. The van der Waals surface area contributed by atoms with Gasteiger partial charge in [0.15, 0.2) is 0 Å². The minimum absolute atomic E-state index is 0. The van der Waals surface area contributed by atoms with Crippen molar-refractivity contribution in [3.05, 3.63) is 126 Å². The summed E-state index contributed by atoms with van der Waals surface area (Å²) in [6, 6.07) is 30.3. The number of benzene rings is 3. The maximum atomic E-state index is 11.8.